The lowest BCUT2D eigenvalue weighted by Gasteiger charge is -2.02. The maximum absolute atomic E-state index is 5.93. The number of rotatable bonds is 3. The zero-order chi connectivity index (χ0) is 11.5. The van der Waals surface area contributed by atoms with Gasteiger partial charge >= 0.3 is 0 Å². The summed E-state index contributed by atoms with van der Waals surface area (Å²) in [6, 6.07) is 6.01. The van der Waals surface area contributed by atoms with Gasteiger partial charge < -0.3 is 5.73 Å². The molecule has 0 amide bonds. The molecule has 0 aliphatic rings. The van der Waals surface area contributed by atoms with Gasteiger partial charge in [0.1, 0.15) is 0 Å². The first-order chi connectivity index (χ1) is 7.69. The Morgan fingerprint density at radius 2 is 2.06 bits per heavy atom. The summed E-state index contributed by atoms with van der Waals surface area (Å²) >= 11 is 7.00. The number of halogens is 1. The van der Waals surface area contributed by atoms with Crippen molar-refractivity contribution in [3.8, 4) is 0 Å². The molecule has 0 saturated heterocycles. The number of nitrogens with zero attached hydrogens (tertiary/aromatic N) is 2. The second kappa shape index (κ2) is 5.56. The molecule has 0 fully saturated rings. The van der Waals surface area contributed by atoms with Gasteiger partial charge in [0.05, 0.1) is 0 Å². The molecule has 2 N–H and O–H groups in total. The van der Waals surface area contributed by atoms with Gasteiger partial charge in [-0.1, -0.05) is 34.9 Å². The van der Waals surface area contributed by atoms with E-state index in [1.165, 1.54) is 0 Å². The summed E-state index contributed by atoms with van der Waals surface area (Å²) in [5.41, 5.74) is 6.72. The zero-order valence-electron chi connectivity index (χ0n) is 8.31. The molecule has 2 aromatic rings. The zero-order valence-corrected chi connectivity index (χ0v) is 12.9. The molecule has 0 bridgehead atoms. The lowest BCUT2D eigenvalue weighted by molar-refractivity contribution is 0.956. The van der Waals surface area contributed by atoms with E-state index in [0.29, 0.717) is 0 Å². The van der Waals surface area contributed by atoms with Crippen molar-refractivity contribution in [3.63, 3.8) is 0 Å². The van der Waals surface area contributed by atoms with Crippen LogP contribution in [0.1, 0.15) is 0 Å². The Morgan fingerprint density at radius 1 is 1.31 bits per heavy atom. The van der Waals surface area contributed by atoms with Gasteiger partial charge in [-0.25, -0.2) is 0 Å². The van der Waals surface area contributed by atoms with Crippen LogP contribution >= 0.6 is 57.5 Å². The van der Waals surface area contributed by atoms with Gasteiger partial charge in [0.15, 0.2) is 8.68 Å². The van der Waals surface area contributed by atoms with Crippen molar-refractivity contribution in [1.29, 1.82) is 0 Å². The standard InChI is InChI=1S/C9H8IN3S3/c1-14-8-12-13-9(16-8)15-7-3-2-5(10)4-6(7)11/h2-4H,11H2,1H3. The third-order valence-electron chi connectivity index (χ3n) is 1.73. The van der Waals surface area contributed by atoms with Crippen LogP contribution in [0.15, 0.2) is 31.8 Å². The Kier molecular flexibility index (Phi) is 4.34. The fourth-order valence-electron chi connectivity index (χ4n) is 1.03. The summed E-state index contributed by atoms with van der Waals surface area (Å²) in [6.07, 6.45) is 1.99. The number of nitrogen functional groups attached to an aromatic ring is 1. The minimum Gasteiger partial charge on any atom is -0.398 e. The van der Waals surface area contributed by atoms with Crippen LogP contribution in [0.2, 0.25) is 0 Å². The molecule has 7 heteroatoms. The van der Waals surface area contributed by atoms with Crippen LogP contribution in [0.3, 0.4) is 0 Å². The van der Waals surface area contributed by atoms with Gasteiger partial charge in [0.2, 0.25) is 0 Å². The SMILES string of the molecule is CSc1nnc(Sc2ccc(I)cc2N)s1. The van der Waals surface area contributed by atoms with Gasteiger partial charge in [-0.2, -0.15) is 0 Å². The number of hydrogen-bond acceptors (Lipinski definition) is 6. The minimum atomic E-state index is 0.790. The maximum Gasteiger partial charge on any atom is 0.179 e. The van der Waals surface area contributed by atoms with E-state index < -0.39 is 0 Å². The largest absolute Gasteiger partial charge is 0.398 e. The molecule has 16 heavy (non-hydrogen) atoms. The highest BCUT2D eigenvalue weighted by Crippen LogP contribution is 2.35. The highest BCUT2D eigenvalue weighted by molar-refractivity contribution is 14.1. The van der Waals surface area contributed by atoms with E-state index in [1.807, 2.05) is 24.5 Å². The summed E-state index contributed by atoms with van der Waals surface area (Å²) in [4.78, 5) is 1.03. The number of aromatic nitrogens is 2. The monoisotopic (exact) mass is 381 g/mol. The number of anilines is 1. The van der Waals surface area contributed by atoms with Crippen LogP contribution < -0.4 is 5.73 Å². The molecule has 0 spiro atoms. The van der Waals surface area contributed by atoms with E-state index in [2.05, 4.69) is 32.8 Å². The van der Waals surface area contributed by atoms with Gasteiger partial charge in [-0.05, 0) is 47.0 Å². The highest BCUT2D eigenvalue weighted by Gasteiger charge is 2.07. The molecule has 0 aliphatic carbocycles. The second-order valence-electron chi connectivity index (χ2n) is 2.82. The molecule has 0 saturated carbocycles. The number of nitrogens with two attached hydrogens (primary N) is 1. The van der Waals surface area contributed by atoms with Gasteiger partial charge in [0.25, 0.3) is 0 Å². The number of thioether (sulfide) groups is 1. The number of hydrogen-bond donors (Lipinski definition) is 1. The molecule has 2 rings (SSSR count). The van der Waals surface area contributed by atoms with Crippen molar-refractivity contribution >= 4 is 63.1 Å². The lowest BCUT2D eigenvalue weighted by Crippen LogP contribution is -1.88. The van der Waals surface area contributed by atoms with E-state index >= 15 is 0 Å². The molecular formula is C9H8IN3S3. The normalized spacial score (nSPS) is 10.6. The summed E-state index contributed by atoms with van der Waals surface area (Å²) in [5.74, 6) is 0. The molecule has 0 atom stereocenters. The van der Waals surface area contributed by atoms with Crippen LogP contribution in [-0.2, 0) is 0 Å². The average molecular weight is 381 g/mol. The fraction of sp³-hybridized carbons (Fsp3) is 0.111. The molecule has 3 nitrogen and oxygen atoms in total. The number of benzene rings is 1. The van der Waals surface area contributed by atoms with E-state index in [-0.39, 0.29) is 0 Å². The topological polar surface area (TPSA) is 51.8 Å². The first-order valence-electron chi connectivity index (χ1n) is 4.29. The Balaban J connectivity index is 2.20. The second-order valence-corrected chi connectivity index (χ2v) is 7.39. The molecule has 1 aromatic carbocycles. The van der Waals surface area contributed by atoms with Crippen LogP contribution in [0, 0.1) is 3.57 Å². The van der Waals surface area contributed by atoms with Crippen molar-refractivity contribution in [1.82, 2.24) is 10.2 Å². The van der Waals surface area contributed by atoms with Crippen LogP contribution in [0.25, 0.3) is 0 Å². The Bertz CT molecular complexity index is 500. The predicted molar refractivity (Wildman–Crippen MR) is 79.4 cm³/mol. The smallest absolute Gasteiger partial charge is 0.179 e. The Labute approximate surface area is 120 Å². The summed E-state index contributed by atoms with van der Waals surface area (Å²) in [6.45, 7) is 0. The predicted octanol–water partition coefficient (Wildman–Crippen LogP) is 3.60. The van der Waals surface area contributed by atoms with Crippen molar-refractivity contribution in [2.24, 2.45) is 0 Å². The van der Waals surface area contributed by atoms with Crippen LogP contribution in [-0.4, -0.2) is 16.5 Å². The van der Waals surface area contributed by atoms with Crippen molar-refractivity contribution < 1.29 is 0 Å². The fourth-order valence-corrected chi connectivity index (χ4v) is 3.96. The van der Waals surface area contributed by atoms with Crippen LogP contribution in [0.4, 0.5) is 5.69 Å². The molecular weight excluding hydrogens is 373 g/mol. The molecule has 84 valence electrons. The Morgan fingerprint density at radius 3 is 2.69 bits per heavy atom. The first-order valence-corrected chi connectivity index (χ1v) is 8.23. The lowest BCUT2D eigenvalue weighted by atomic mass is 10.3. The minimum absolute atomic E-state index is 0.790. The third kappa shape index (κ3) is 3.02. The third-order valence-corrected chi connectivity index (χ3v) is 5.44. The molecule has 0 aliphatic heterocycles. The summed E-state index contributed by atoms with van der Waals surface area (Å²) < 4.78 is 3.05. The van der Waals surface area contributed by atoms with Crippen LogP contribution in [0.5, 0.6) is 0 Å². The van der Waals surface area contributed by atoms with E-state index in [4.69, 9.17) is 5.73 Å². The van der Waals surface area contributed by atoms with E-state index in [9.17, 15) is 0 Å². The van der Waals surface area contributed by atoms with Gasteiger partial charge in [-0.15, -0.1) is 10.2 Å². The summed E-state index contributed by atoms with van der Waals surface area (Å²) in [7, 11) is 0. The van der Waals surface area contributed by atoms with Crippen molar-refractivity contribution in [2.75, 3.05) is 12.0 Å². The summed E-state index contributed by atoms with van der Waals surface area (Å²) in [5, 5.41) is 8.15. The quantitative estimate of drug-likeness (QED) is 0.500. The molecule has 1 aromatic heterocycles. The Hall–Kier alpha value is 0.01000. The van der Waals surface area contributed by atoms with Crippen molar-refractivity contribution in [2.45, 2.75) is 13.6 Å². The van der Waals surface area contributed by atoms with E-state index in [0.717, 1.165) is 22.8 Å². The average Bonchev–Trinajstić information content (AvgIpc) is 2.70. The molecule has 1 heterocycles. The van der Waals surface area contributed by atoms with Crippen molar-refractivity contribution in [3.05, 3.63) is 21.8 Å². The van der Waals surface area contributed by atoms with Gasteiger partial charge in [-0.3, -0.25) is 0 Å². The maximum atomic E-state index is 5.93. The first kappa shape index (κ1) is 12.5. The van der Waals surface area contributed by atoms with E-state index in [1.54, 1.807) is 34.9 Å². The molecule has 0 radical (unpaired) electrons. The van der Waals surface area contributed by atoms with Gasteiger partial charge in [0, 0.05) is 14.2 Å². The molecule has 0 unspecified atom stereocenters. The highest BCUT2D eigenvalue weighted by atomic mass is 127.